The average Bonchev–Trinajstić information content (AvgIpc) is 0.918. The normalized spacial score (nSPS) is 2.40. The standard InChI is InChI=1S/K.Na.O2Se.2H/c;;1-3-2;;/q2*+1;;2*-1. The van der Waals surface area contributed by atoms with E-state index in [1.54, 1.807) is 0 Å². The summed E-state index contributed by atoms with van der Waals surface area (Å²) in [7, 11) is 0. The summed E-state index contributed by atoms with van der Waals surface area (Å²) in [5.74, 6) is 0. The molecule has 0 N–H and O–H groups in total. The summed E-state index contributed by atoms with van der Waals surface area (Å²) in [5, 5.41) is 0. The summed E-state index contributed by atoms with van der Waals surface area (Å²) >= 11 is -1.62. The Kier molecular flexibility index (Phi) is 49.7. The topological polar surface area (TPSA) is 34.1 Å². The van der Waals surface area contributed by atoms with Crippen LogP contribution in [0.1, 0.15) is 2.85 Å². The Bertz CT molecular complexity index is 36.7. The van der Waals surface area contributed by atoms with Gasteiger partial charge >= 0.3 is 103 Å². The van der Waals surface area contributed by atoms with Crippen molar-refractivity contribution >= 4 is 14.8 Å². The summed E-state index contributed by atoms with van der Waals surface area (Å²) in [5.41, 5.74) is 0. The van der Waals surface area contributed by atoms with E-state index in [2.05, 4.69) is 0 Å². The molecule has 0 atom stereocenters. The number of rotatable bonds is 0. The quantitative estimate of drug-likeness (QED) is 0.343. The van der Waals surface area contributed by atoms with E-state index in [4.69, 9.17) is 7.67 Å². The van der Waals surface area contributed by atoms with Gasteiger partial charge in [0.05, 0.1) is 0 Å². The molecule has 0 heterocycles. The molecule has 0 unspecified atom stereocenters. The minimum Gasteiger partial charge on any atom is -1.00 e. The molecule has 0 bridgehead atoms. The fourth-order valence-corrected chi connectivity index (χ4v) is 0. The molecule has 0 radical (unpaired) electrons. The molecule has 0 amide bonds. The van der Waals surface area contributed by atoms with Crippen LogP contribution < -0.4 is 80.9 Å². The maximum absolute atomic E-state index is 8.44. The zero-order valence-electron chi connectivity index (χ0n) is 5.22. The minimum absolute atomic E-state index is 0. The summed E-state index contributed by atoms with van der Waals surface area (Å²) in [6.45, 7) is 0. The van der Waals surface area contributed by atoms with Crippen molar-refractivity contribution in [3.8, 4) is 0 Å². The molecule has 22 valence electrons. The molecule has 0 aromatic rings. The molecular weight excluding hydrogens is 173 g/mol. The maximum atomic E-state index is 8.44. The second-order valence-electron chi connectivity index (χ2n) is 0.0680. The van der Waals surface area contributed by atoms with Crippen molar-refractivity contribution < 1.29 is 91.5 Å². The molecule has 2 nitrogen and oxygen atoms in total. The molecular formula is H2KNaO2Se. The van der Waals surface area contributed by atoms with Crippen LogP contribution >= 0.6 is 0 Å². The van der Waals surface area contributed by atoms with Crippen LogP contribution in [0.4, 0.5) is 0 Å². The van der Waals surface area contributed by atoms with Crippen LogP contribution in [0, 0.1) is 0 Å². The molecule has 0 saturated heterocycles. The molecule has 0 fully saturated rings. The molecule has 0 saturated carbocycles. The van der Waals surface area contributed by atoms with Gasteiger partial charge in [0.25, 0.3) is 0 Å². The zero-order valence-corrected chi connectivity index (χ0v) is 10.1. The molecule has 0 aromatic carbocycles. The van der Waals surface area contributed by atoms with Crippen molar-refractivity contribution in [3.63, 3.8) is 0 Å². The van der Waals surface area contributed by atoms with E-state index in [1.165, 1.54) is 0 Å². The first-order valence-corrected chi connectivity index (χ1v) is 1.73. The van der Waals surface area contributed by atoms with Gasteiger partial charge < -0.3 is 2.85 Å². The van der Waals surface area contributed by atoms with Gasteiger partial charge in [-0.15, -0.1) is 0 Å². The molecule has 0 aromatic heterocycles. The third kappa shape index (κ3) is 20.1. The SMILES string of the molecule is O=[Se]=O.[H-].[H-].[K+].[Na+]. The van der Waals surface area contributed by atoms with Crippen molar-refractivity contribution in [2.75, 3.05) is 0 Å². The maximum Gasteiger partial charge on any atom is 1.00 e. The third-order valence-corrected chi connectivity index (χ3v) is 0. The van der Waals surface area contributed by atoms with E-state index >= 15 is 0 Å². The average molecular weight is 175 g/mol. The van der Waals surface area contributed by atoms with Crippen molar-refractivity contribution in [1.29, 1.82) is 0 Å². The van der Waals surface area contributed by atoms with Gasteiger partial charge in [-0.2, -0.15) is 0 Å². The third-order valence-electron chi connectivity index (χ3n) is 0. The Morgan fingerprint density at radius 1 is 1.40 bits per heavy atom. The van der Waals surface area contributed by atoms with Crippen LogP contribution in [-0.2, 0) is 7.67 Å². The van der Waals surface area contributed by atoms with E-state index in [-0.39, 0.29) is 83.8 Å². The Morgan fingerprint density at radius 3 is 1.40 bits per heavy atom. The number of hydrogen-bond acceptors (Lipinski definition) is 2. The van der Waals surface area contributed by atoms with Gasteiger partial charge in [0.1, 0.15) is 0 Å². The molecule has 0 aliphatic carbocycles. The predicted octanol–water partition coefficient (Wildman–Crippen LogP) is -6.39. The largest absolute Gasteiger partial charge is 1.00 e. The first kappa shape index (κ1) is 15.7. The van der Waals surface area contributed by atoms with Crippen LogP contribution in [0.3, 0.4) is 0 Å². The first-order valence-electron chi connectivity index (χ1n) is 0.333. The molecule has 0 aliphatic heterocycles. The van der Waals surface area contributed by atoms with Gasteiger partial charge in [-0.05, 0) is 0 Å². The fourth-order valence-electron chi connectivity index (χ4n) is 0. The first-order chi connectivity index (χ1) is 1.41. The smallest absolute Gasteiger partial charge is 1.00 e. The molecule has 0 aliphatic rings. The summed E-state index contributed by atoms with van der Waals surface area (Å²) < 4.78 is 16.9. The van der Waals surface area contributed by atoms with Crippen molar-refractivity contribution in [3.05, 3.63) is 0 Å². The summed E-state index contributed by atoms with van der Waals surface area (Å²) in [6.07, 6.45) is 0. The Hall–Kier alpha value is 2.76. The molecule has 0 rings (SSSR count). The van der Waals surface area contributed by atoms with Gasteiger partial charge in [-0.3, -0.25) is 0 Å². The fraction of sp³-hybridized carbons (Fsp3) is 0. The van der Waals surface area contributed by atoms with Crippen LogP contribution in [0.25, 0.3) is 0 Å². The van der Waals surface area contributed by atoms with E-state index in [0.717, 1.165) is 0 Å². The Balaban J connectivity index is -0.00000000333. The van der Waals surface area contributed by atoms with Crippen LogP contribution in [-0.4, -0.2) is 14.8 Å². The van der Waals surface area contributed by atoms with Crippen LogP contribution in [0.5, 0.6) is 0 Å². The predicted molar refractivity (Wildman–Crippen MR) is 9.35 cm³/mol. The number of hydrogen-bond donors (Lipinski definition) is 0. The summed E-state index contributed by atoms with van der Waals surface area (Å²) in [4.78, 5) is 0. The van der Waals surface area contributed by atoms with Crippen molar-refractivity contribution in [2.45, 2.75) is 0 Å². The van der Waals surface area contributed by atoms with Gasteiger partial charge in [-0.25, -0.2) is 0 Å². The van der Waals surface area contributed by atoms with Crippen LogP contribution in [0.15, 0.2) is 0 Å². The molecule has 5 heteroatoms. The van der Waals surface area contributed by atoms with Crippen LogP contribution in [0.2, 0.25) is 0 Å². The van der Waals surface area contributed by atoms with E-state index < -0.39 is 14.8 Å². The summed E-state index contributed by atoms with van der Waals surface area (Å²) in [6, 6.07) is 0. The van der Waals surface area contributed by atoms with E-state index in [1.807, 2.05) is 0 Å². The van der Waals surface area contributed by atoms with E-state index in [9.17, 15) is 0 Å². The van der Waals surface area contributed by atoms with Gasteiger partial charge in [0.2, 0.25) is 0 Å². The van der Waals surface area contributed by atoms with E-state index in [0.29, 0.717) is 0 Å². The molecule has 5 heavy (non-hydrogen) atoms. The second-order valence-corrected chi connectivity index (χ2v) is 0.354. The minimum atomic E-state index is -1.62. The second kappa shape index (κ2) is 15.9. The Labute approximate surface area is 104 Å². The van der Waals surface area contributed by atoms with Gasteiger partial charge in [-0.1, -0.05) is 0 Å². The van der Waals surface area contributed by atoms with Crippen molar-refractivity contribution in [2.24, 2.45) is 0 Å². The van der Waals surface area contributed by atoms with Gasteiger partial charge in [0.15, 0.2) is 0 Å². The van der Waals surface area contributed by atoms with Gasteiger partial charge in [0, 0.05) is 0 Å². The Morgan fingerprint density at radius 2 is 1.40 bits per heavy atom. The zero-order chi connectivity index (χ0) is 2.71. The van der Waals surface area contributed by atoms with Crippen molar-refractivity contribution in [1.82, 2.24) is 0 Å². The molecule has 0 spiro atoms. The monoisotopic (exact) mass is 176 g/mol.